The van der Waals surface area contributed by atoms with Crippen molar-refractivity contribution in [2.75, 3.05) is 7.11 Å². The second kappa shape index (κ2) is 4.05. The van der Waals surface area contributed by atoms with E-state index >= 15 is 0 Å². The number of methoxy groups -OCH3 is 1. The Balaban J connectivity index is 3.20. The molecule has 4 heteroatoms. The second-order valence-electron chi connectivity index (χ2n) is 2.26. The summed E-state index contributed by atoms with van der Waals surface area (Å²) in [5, 5.41) is 0.289. The van der Waals surface area contributed by atoms with Crippen LogP contribution in [-0.4, -0.2) is 17.9 Å². The Hall–Kier alpha value is -1.35. The molecule has 0 aromatic carbocycles. The van der Waals surface area contributed by atoms with Crippen molar-refractivity contribution < 1.29 is 9.53 Å². The lowest BCUT2D eigenvalue weighted by Gasteiger charge is -2.03. The number of ketones is 1. The van der Waals surface area contributed by atoms with Gasteiger partial charge in [0.1, 0.15) is 5.15 Å². The summed E-state index contributed by atoms with van der Waals surface area (Å²) in [6, 6.07) is 3.08. The number of carbonyl (C=O) groups is 1. The summed E-state index contributed by atoms with van der Waals surface area (Å²) in [5.74, 6) is -0.0154. The minimum atomic E-state index is -0.235. The lowest BCUT2D eigenvalue weighted by molar-refractivity contribution is 0.104. The van der Waals surface area contributed by atoms with Crippen LogP contribution >= 0.6 is 11.6 Å². The first-order valence-corrected chi connectivity index (χ1v) is 3.94. The van der Waals surface area contributed by atoms with Crippen LogP contribution in [0.1, 0.15) is 10.4 Å². The number of pyridine rings is 1. The van der Waals surface area contributed by atoms with Crippen LogP contribution in [0.2, 0.25) is 5.15 Å². The highest BCUT2D eigenvalue weighted by molar-refractivity contribution is 6.29. The zero-order valence-corrected chi connectivity index (χ0v) is 7.84. The molecule has 0 unspecified atom stereocenters. The Morgan fingerprint density at radius 2 is 2.38 bits per heavy atom. The summed E-state index contributed by atoms with van der Waals surface area (Å²) in [4.78, 5) is 15.1. The van der Waals surface area contributed by atoms with Crippen LogP contribution in [0.4, 0.5) is 0 Å². The van der Waals surface area contributed by atoms with E-state index in [0.29, 0.717) is 5.56 Å². The molecule has 13 heavy (non-hydrogen) atoms. The number of carbonyl (C=O) groups excluding carboxylic acids is 1. The van der Waals surface area contributed by atoms with Crippen LogP contribution in [0.15, 0.2) is 24.8 Å². The highest BCUT2D eigenvalue weighted by atomic mass is 35.5. The predicted octanol–water partition coefficient (Wildman–Crippen LogP) is 2.11. The maximum Gasteiger partial charge on any atom is 0.225 e. The molecule has 1 heterocycles. The van der Waals surface area contributed by atoms with E-state index in [1.54, 1.807) is 6.07 Å². The fraction of sp³-hybridized carbons (Fsp3) is 0.111. The minimum absolute atomic E-state index is 0.220. The van der Waals surface area contributed by atoms with Gasteiger partial charge >= 0.3 is 0 Å². The van der Waals surface area contributed by atoms with Crippen LogP contribution in [0.5, 0.6) is 5.88 Å². The van der Waals surface area contributed by atoms with Gasteiger partial charge in [-0.05, 0) is 18.2 Å². The molecule has 0 N–H and O–H groups in total. The number of halogens is 1. The Labute approximate surface area is 81.0 Å². The molecule has 0 radical (unpaired) electrons. The molecule has 3 nitrogen and oxygen atoms in total. The Bertz CT molecular complexity index is 349. The second-order valence-corrected chi connectivity index (χ2v) is 2.65. The molecule has 0 atom stereocenters. The molecule has 0 saturated carbocycles. The number of rotatable bonds is 3. The highest BCUT2D eigenvalue weighted by Crippen LogP contribution is 2.18. The average Bonchev–Trinajstić information content (AvgIpc) is 2.16. The van der Waals surface area contributed by atoms with Crippen molar-refractivity contribution in [3.63, 3.8) is 0 Å². The Morgan fingerprint density at radius 3 is 2.92 bits per heavy atom. The predicted molar refractivity (Wildman–Crippen MR) is 50.3 cm³/mol. The Kier molecular flexibility index (Phi) is 3.03. The van der Waals surface area contributed by atoms with Crippen LogP contribution in [0, 0.1) is 0 Å². The van der Waals surface area contributed by atoms with Gasteiger partial charge in [0.15, 0.2) is 5.78 Å². The Morgan fingerprint density at radius 1 is 1.69 bits per heavy atom. The van der Waals surface area contributed by atoms with E-state index in [1.165, 1.54) is 19.3 Å². The van der Waals surface area contributed by atoms with Crippen molar-refractivity contribution in [2.45, 2.75) is 0 Å². The van der Waals surface area contributed by atoms with Crippen molar-refractivity contribution in [2.24, 2.45) is 0 Å². The van der Waals surface area contributed by atoms with Crippen LogP contribution in [-0.2, 0) is 0 Å². The smallest absolute Gasteiger partial charge is 0.225 e. The van der Waals surface area contributed by atoms with Gasteiger partial charge in [0.2, 0.25) is 5.88 Å². The summed E-state index contributed by atoms with van der Waals surface area (Å²) in [7, 11) is 1.43. The number of hydrogen-bond donors (Lipinski definition) is 0. The molecule has 0 bridgehead atoms. The van der Waals surface area contributed by atoms with Crippen molar-refractivity contribution in [1.29, 1.82) is 0 Å². The topological polar surface area (TPSA) is 39.2 Å². The molecule has 0 aliphatic rings. The summed E-state index contributed by atoms with van der Waals surface area (Å²) < 4.78 is 4.88. The minimum Gasteiger partial charge on any atom is -0.480 e. The quantitative estimate of drug-likeness (QED) is 0.423. The molecule has 0 spiro atoms. The molecule has 1 aromatic rings. The largest absolute Gasteiger partial charge is 0.480 e. The van der Waals surface area contributed by atoms with E-state index in [0.717, 1.165) is 0 Å². The first-order chi connectivity index (χ1) is 6.19. The number of aromatic nitrogens is 1. The third-order valence-electron chi connectivity index (χ3n) is 1.47. The maximum absolute atomic E-state index is 11.2. The molecule has 0 fully saturated rings. The molecule has 68 valence electrons. The summed E-state index contributed by atoms with van der Waals surface area (Å²) >= 11 is 5.62. The van der Waals surface area contributed by atoms with E-state index in [4.69, 9.17) is 16.3 Å². The first kappa shape index (κ1) is 9.74. The third-order valence-corrected chi connectivity index (χ3v) is 1.68. The van der Waals surface area contributed by atoms with Crippen LogP contribution < -0.4 is 4.74 Å². The summed E-state index contributed by atoms with van der Waals surface area (Å²) in [6.45, 7) is 3.37. The highest BCUT2D eigenvalue weighted by Gasteiger charge is 2.10. The number of ether oxygens (including phenoxy) is 1. The lowest BCUT2D eigenvalue weighted by Crippen LogP contribution is -2.00. The normalized spacial score (nSPS) is 9.38. The standard InChI is InChI=1S/C9H8ClNO2/c1-3-7(12)6-4-5-8(10)11-9(6)13-2/h3-5H,1H2,2H3. The summed E-state index contributed by atoms with van der Waals surface area (Å²) in [5.41, 5.74) is 0.363. The van der Waals surface area contributed by atoms with E-state index in [1.807, 2.05) is 0 Å². The molecule has 0 saturated heterocycles. The molecule has 1 rings (SSSR count). The van der Waals surface area contributed by atoms with Crippen molar-refractivity contribution in [3.05, 3.63) is 35.5 Å². The number of allylic oxidation sites excluding steroid dienone is 1. The van der Waals surface area contributed by atoms with E-state index in [9.17, 15) is 4.79 Å². The van der Waals surface area contributed by atoms with E-state index < -0.39 is 0 Å². The molecule has 0 aliphatic carbocycles. The maximum atomic E-state index is 11.2. The molecular formula is C9H8ClNO2. The van der Waals surface area contributed by atoms with Gasteiger partial charge in [0.25, 0.3) is 0 Å². The van der Waals surface area contributed by atoms with Gasteiger partial charge in [-0.1, -0.05) is 18.2 Å². The lowest BCUT2D eigenvalue weighted by atomic mass is 10.2. The number of hydrogen-bond acceptors (Lipinski definition) is 3. The number of nitrogens with zero attached hydrogens (tertiary/aromatic N) is 1. The molecule has 0 aliphatic heterocycles. The van der Waals surface area contributed by atoms with Gasteiger partial charge in [-0.15, -0.1) is 0 Å². The van der Waals surface area contributed by atoms with Crippen LogP contribution in [0.3, 0.4) is 0 Å². The molecule has 1 aromatic heterocycles. The van der Waals surface area contributed by atoms with Crippen molar-refractivity contribution >= 4 is 17.4 Å². The zero-order chi connectivity index (χ0) is 9.84. The van der Waals surface area contributed by atoms with Crippen molar-refractivity contribution in [1.82, 2.24) is 4.98 Å². The van der Waals surface area contributed by atoms with Crippen molar-refractivity contribution in [3.8, 4) is 5.88 Å². The fourth-order valence-electron chi connectivity index (χ4n) is 0.871. The fourth-order valence-corrected chi connectivity index (χ4v) is 1.01. The first-order valence-electron chi connectivity index (χ1n) is 3.56. The van der Waals surface area contributed by atoms with Gasteiger partial charge in [-0.25, -0.2) is 4.98 Å². The molecular weight excluding hydrogens is 190 g/mol. The van der Waals surface area contributed by atoms with Crippen LogP contribution in [0.25, 0.3) is 0 Å². The van der Waals surface area contributed by atoms with E-state index in [-0.39, 0.29) is 16.8 Å². The zero-order valence-electron chi connectivity index (χ0n) is 7.08. The molecule has 0 amide bonds. The monoisotopic (exact) mass is 197 g/mol. The van der Waals surface area contributed by atoms with E-state index in [2.05, 4.69) is 11.6 Å². The van der Waals surface area contributed by atoms with Gasteiger partial charge in [0.05, 0.1) is 12.7 Å². The third kappa shape index (κ3) is 2.06. The summed E-state index contributed by atoms with van der Waals surface area (Å²) in [6.07, 6.45) is 1.20. The van der Waals surface area contributed by atoms with Gasteiger partial charge < -0.3 is 4.74 Å². The van der Waals surface area contributed by atoms with Gasteiger partial charge in [-0.2, -0.15) is 0 Å². The SMILES string of the molecule is C=CC(=O)c1ccc(Cl)nc1OC. The van der Waals surface area contributed by atoms with Gasteiger partial charge in [0, 0.05) is 0 Å². The average molecular weight is 198 g/mol. The van der Waals surface area contributed by atoms with Gasteiger partial charge in [-0.3, -0.25) is 4.79 Å².